The molecule has 126 valence electrons. The Kier molecular flexibility index (Phi) is 5.36. The van der Waals surface area contributed by atoms with E-state index < -0.39 is 0 Å². The summed E-state index contributed by atoms with van der Waals surface area (Å²) in [5.74, 6) is 1.27. The lowest BCUT2D eigenvalue weighted by Crippen LogP contribution is -2.43. The Hall–Kier alpha value is -2.49. The number of amides is 2. The largest absolute Gasteiger partial charge is 0.493 e. The van der Waals surface area contributed by atoms with E-state index in [0.717, 1.165) is 37.4 Å². The summed E-state index contributed by atoms with van der Waals surface area (Å²) in [6.45, 7) is 4.26. The average Bonchev–Trinajstić information content (AvgIpc) is 2.62. The van der Waals surface area contributed by atoms with E-state index >= 15 is 0 Å². The number of para-hydroxylation sites is 1. The Labute approximate surface area is 143 Å². The maximum Gasteiger partial charge on any atom is 0.321 e. The highest BCUT2D eigenvalue weighted by atomic mass is 16.5. The smallest absolute Gasteiger partial charge is 0.321 e. The van der Waals surface area contributed by atoms with Crippen LogP contribution in [0.2, 0.25) is 0 Å². The standard InChI is InChI=1S/C20H24N2O2/c1-16-9-11-19(12-10-16)24-15-17-6-5-13-22(14-17)20(23)21-18-7-3-2-4-8-18/h2-4,7-12,17H,5-6,13-15H2,1H3,(H,21,23). The first-order chi connectivity index (χ1) is 11.7. The van der Waals surface area contributed by atoms with Crippen molar-refractivity contribution in [1.82, 2.24) is 4.90 Å². The van der Waals surface area contributed by atoms with Crippen LogP contribution in [0.3, 0.4) is 0 Å². The van der Waals surface area contributed by atoms with Gasteiger partial charge in [0.1, 0.15) is 5.75 Å². The van der Waals surface area contributed by atoms with E-state index in [1.54, 1.807) is 0 Å². The fourth-order valence-corrected chi connectivity index (χ4v) is 2.96. The number of nitrogens with zero attached hydrogens (tertiary/aromatic N) is 1. The number of piperidine rings is 1. The van der Waals surface area contributed by atoms with Crippen molar-refractivity contribution < 1.29 is 9.53 Å². The van der Waals surface area contributed by atoms with Crippen LogP contribution in [0.4, 0.5) is 10.5 Å². The molecule has 2 aromatic carbocycles. The molecule has 1 fully saturated rings. The van der Waals surface area contributed by atoms with Crippen molar-refractivity contribution >= 4 is 11.7 Å². The Bertz CT molecular complexity index is 655. The second-order valence-electron chi connectivity index (χ2n) is 6.37. The van der Waals surface area contributed by atoms with Gasteiger partial charge in [-0.15, -0.1) is 0 Å². The van der Waals surface area contributed by atoms with Crippen molar-refractivity contribution in [2.75, 3.05) is 25.0 Å². The molecule has 1 aliphatic rings. The number of ether oxygens (including phenoxy) is 1. The highest BCUT2D eigenvalue weighted by Gasteiger charge is 2.24. The van der Waals surface area contributed by atoms with E-state index in [9.17, 15) is 4.79 Å². The number of hydrogen-bond donors (Lipinski definition) is 1. The molecule has 0 spiro atoms. The molecule has 3 rings (SSSR count). The molecule has 0 aromatic heterocycles. The van der Waals surface area contributed by atoms with Crippen LogP contribution >= 0.6 is 0 Å². The van der Waals surface area contributed by atoms with Gasteiger partial charge in [-0.05, 0) is 44.0 Å². The molecule has 0 saturated carbocycles. The van der Waals surface area contributed by atoms with Gasteiger partial charge in [-0.1, -0.05) is 35.9 Å². The second-order valence-corrected chi connectivity index (χ2v) is 6.37. The zero-order valence-corrected chi connectivity index (χ0v) is 14.1. The van der Waals surface area contributed by atoms with Crippen LogP contribution in [0, 0.1) is 12.8 Å². The fourth-order valence-electron chi connectivity index (χ4n) is 2.96. The minimum atomic E-state index is -0.0266. The predicted molar refractivity (Wildman–Crippen MR) is 96.4 cm³/mol. The van der Waals surface area contributed by atoms with Gasteiger partial charge in [0.15, 0.2) is 0 Å². The molecule has 1 aliphatic heterocycles. The van der Waals surface area contributed by atoms with Crippen LogP contribution in [0.5, 0.6) is 5.75 Å². The third kappa shape index (κ3) is 4.51. The van der Waals surface area contributed by atoms with Crippen LogP contribution in [-0.2, 0) is 0 Å². The van der Waals surface area contributed by atoms with Crippen molar-refractivity contribution in [2.24, 2.45) is 5.92 Å². The molecule has 2 aromatic rings. The van der Waals surface area contributed by atoms with E-state index in [4.69, 9.17) is 4.74 Å². The first kappa shape index (κ1) is 16.4. The molecule has 1 heterocycles. The van der Waals surface area contributed by atoms with Gasteiger partial charge in [0.05, 0.1) is 6.61 Å². The van der Waals surface area contributed by atoms with E-state index in [2.05, 4.69) is 24.4 Å². The Morgan fingerprint density at radius 2 is 1.92 bits per heavy atom. The molecular weight excluding hydrogens is 300 g/mol. The monoisotopic (exact) mass is 324 g/mol. The van der Waals surface area contributed by atoms with Crippen LogP contribution < -0.4 is 10.1 Å². The topological polar surface area (TPSA) is 41.6 Å². The summed E-state index contributed by atoms with van der Waals surface area (Å²) >= 11 is 0. The van der Waals surface area contributed by atoms with Gasteiger partial charge in [-0.25, -0.2) is 4.79 Å². The van der Waals surface area contributed by atoms with Crippen molar-refractivity contribution in [1.29, 1.82) is 0 Å². The number of aryl methyl sites for hydroxylation is 1. The fraction of sp³-hybridized carbons (Fsp3) is 0.350. The van der Waals surface area contributed by atoms with Gasteiger partial charge >= 0.3 is 6.03 Å². The number of hydrogen-bond acceptors (Lipinski definition) is 2. The summed E-state index contributed by atoms with van der Waals surface area (Å²) in [7, 11) is 0. The van der Waals surface area contributed by atoms with E-state index in [0.29, 0.717) is 12.5 Å². The molecule has 4 heteroatoms. The molecule has 1 N–H and O–H groups in total. The highest BCUT2D eigenvalue weighted by molar-refractivity contribution is 5.89. The first-order valence-electron chi connectivity index (χ1n) is 8.51. The number of anilines is 1. The number of benzene rings is 2. The summed E-state index contributed by atoms with van der Waals surface area (Å²) in [6, 6.07) is 17.7. The van der Waals surface area contributed by atoms with E-state index in [1.807, 2.05) is 47.4 Å². The van der Waals surface area contributed by atoms with Crippen LogP contribution in [0.15, 0.2) is 54.6 Å². The minimum Gasteiger partial charge on any atom is -0.493 e. The van der Waals surface area contributed by atoms with Gasteiger partial charge in [0.25, 0.3) is 0 Å². The number of rotatable bonds is 4. The zero-order chi connectivity index (χ0) is 16.8. The van der Waals surface area contributed by atoms with Gasteiger partial charge in [-0.2, -0.15) is 0 Å². The molecule has 4 nitrogen and oxygen atoms in total. The third-order valence-corrected chi connectivity index (χ3v) is 4.34. The zero-order valence-electron chi connectivity index (χ0n) is 14.1. The number of carbonyl (C=O) groups excluding carboxylic acids is 1. The number of likely N-dealkylation sites (tertiary alicyclic amines) is 1. The second kappa shape index (κ2) is 7.86. The molecular formula is C20H24N2O2. The quantitative estimate of drug-likeness (QED) is 0.910. The van der Waals surface area contributed by atoms with Gasteiger partial charge in [0, 0.05) is 24.7 Å². The van der Waals surface area contributed by atoms with Crippen molar-refractivity contribution in [3.05, 3.63) is 60.2 Å². The lowest BCUT2D eigenvalue weighted by molar-refractivity contribution is 0.145. The summed E-state index contributed by atoms with van der Waals surface area (Å²) in [5, 5.41) is 2.96. The third-order valence-electron chi connectivity index (χ3n) is 4.34. The molecule has 0 aliphatic carbocycles. The van der Waals surface area contributed by atoms with Crippen molar-refractivity contribution in [2.45, 2.75) is 19.8 Å². The Morgan fingerprint density at radius 1 is 1.17 bits per heavy atom. The lowest BCUT2D eigenvalue weighted by atomic mass is 9.99. The minimum absolute atomic E-state index is 0.0266. The molecule has 1 atom stereocenters. The van der Waals surface area contributed by atoms with E-state index in [1.165, 1.54) is 5.56 Å². The number of urea groups is 1. The van der Waals surface area contributed by atoms with Gasteiger partial charge < -0.3 is 15.0 Å². The number of carbonyl (C=O) groups is 1. The normalized spacial score (nSPS) is 17.4. The molecule has 0 bridgehead atoms. The lowest BCUT2D eigenvalue weighted by Gasteiger charge is -2.32. The first-order valence-corrected chi connectivity index (χ1v) is 8.51. The summed E-state index contributed by atoms with van der Waals surface area (Å²) in [4.78, 5) is 14.3. The summed E-state index contributed by atoms with van der Waals surface area (Å²) in [5.41, 5.74) is 2.06. The Morgan fingerprint density at radius 3 is 2.67 bits per heavy atom. The maximum absolute atomic E-state index is 12.4. The van der Waals surface area contributed by atoms with Crippen LogP contribution in [0.25, 0.3) is 0 Å². The molecule has 1 unspecified atom stereocenters. The van der Waals surface area contributed by atoms with E-state index in [-0.39, 0.29) is 6.03 Å². The SMILES string of the molecule is Cc1ccc(OCC2CCCN(C(=O)Nc3ccccc3)C2)cc1. The average molecular weight is 324 g/mol. The molecule has 1 saturated heterocycles. The predicted octanol–water partition coefficient (Wildman–Crippen LogP) is 4.32. The molecule has 0 radical (unpaired) electrons. The summed E-state index contributed by atoms with van der Waals surface area (Å²) in [6.07, 6.45) is 2.12. The van der Waals surface area contributed by atoms with Crippen molar-refractivity contribution in [3.63, 3.8) is 0 Å². The maximum atomic E-state index is 12.4. The van der Waals surface area contributed by atoms with Crippen LogP contribution in [-0.4, -0.2) is 30.6 Å². The van der Waals surface area contributed by atoms with Crippen molar-refractivity contribution in [3.8, 4) is 5.75 Å². The Balaban J connectivity index is 1.50. The van der Waals surface area contributed by atoms with Gasteiger partial charge in [0.2, 0.25) is 0 Å². The van der Waals surface area contributed by atoms with Crippen LogP contribution in [0.1, 0.15) is 18.4 Å². The molecule has 24 heavy (non-hydrogen) atoms. The number of nitrogens with one attached hydrogen (secondary N) is 1. The highest BCUT2D eigenvalue weighted by Crippen LogP contribution is 2.20. The van der Waals surface area contributed by atoms with Gasteiger partial charge in [-0.3, -0.25) is 0 Å². The summed E-state index contributed by atoms with van der Waals surface area (Å²) < 4.78 is 5.89. The molecule has 2 amide bonds.